The highest BCUT2D eigenvalue weighted by atomic mass is 35.5. The van der Waals surface area contributed by atoms with Gasteiger partial charge in [-0.15, -0.1) is 12.4 Å². The van der Waals surface area contributed by atoms with Gasteiger partial charge in [-0.2, -0.15) is 0 Å². The van der Waals surface area contributed by atoms with Crippen LogP contribution >= 0.6 is 24.0 Å². The van der Waals surface area contributed by atoms with Crippen LogP contribution in [-0.4, -0.2) is 34.9 Å². The molecular weight excluding hydrogens is 285 g/mol. The third-order valence-electron chi connectivity index (χ3n) is 3.33. The molecule has 1 unspecified atom stereocenters. The summed E-state index contributed by atoms with van der Waals surface area (Å²) in [6.45, 7) is 1.37. The maximum atomic E-state index is 12.3. The highest BCUT2D eigenvalue weighted by molar-refractivity contribution is 6.31. The average Bonchev–Trinajstić information content (AvgIpc) is 2.93. The Hall–Kier alpha value is -1.23. The van der Waals surface area contributed by atoms with Gasteiger partial charge in [-0.3, -0.25) is 4.79 Å². The Morgan fingerprint density at radius 1 is 1.42 bits per heavy atom. The second-order valence-corrected chi connectivity index (χ2v) is 5.15. The largest absolute Gasteiger partial charge is 0.351 e. The predicted octanol–water partition coefficient (Wildman–Crippen LogP) is 2.42. The van der Waals surface area contributed by atoms with Gasteiger partial charge in [0.05, 0.1) is 0 Å². The Labute approximate surface area is 122 Å². The molecule has 2 aromatic rings. The molecule has 0 bridgehead atoms. The van der Waals surface area contributed by atoms with Crippen LogP contribution in [0.5, 0.6) is 0 Å². The minimum Gasteiger partial charge on any atom is -0.351 e. The summed E-state index contributed by atoms with van der Waals surface area (Å²) >= 11 is 5.93. The third kappa shape index (κ3) is 2.71. The van der Waals surface area contributed by atoms with Crippen molar-refractivity contribution >= 4 is 40.8 Å². The van der Waals surface area contributed by atoms with Crippen LogP contribution in [0.2, 0.25) is 5.02 Å². The van der Waals surface area contributed by atoms with Crippen LogP contribution in [-0.2, 0) is 0 Å². The lowest BCUT2D eigenvalue weighted by Gasteiger charge is -2.14. The van der Waals surface area contributed by atoms with E-state index in [0.717, 1.165) is 23.9 Å². The van der Waals surface area contributed by atoms with Gasteiger partial charge in [0.25, 0.3) is 5.91 Å². The minimum atomic E-state index is 0. The number of nitrogens with one attached hydrogen (secondary N) is 1. The number of rotatable bonds is 1. The number of amides is 1. The molecule has 2 heterocycles. The number of nitrogens with zero attached hydrogens (tertiary/aromatic N) is 1. The summed E-state index contributed by atoms with van der Waals surface area (Å²) in [5, 5.41) is 1.62. The fourth-order valence-corrected chi connectivity index (χ4v) is 2.54. The highest BCUT2D eigenvalue weighted by Crippen LogP contribution is 2.21. The van der Waals surface area contributed by atoms with E-state index in [2.05, 4.69) is 4.98 Å². The fourth-order valence-electron chi connectivity index (χ4n) is 2.36. The number of carbonyl (C=O) groups is 1. The van der Waals surface area contributed by atoms with E-state index >= 15 is 0 Å². The number of benzene rings is 1. The Bertz CT molecular complexity index is 611. The molecule has 19 heavy (non-hydrogen) atoms. The van der Waals surface area contributed by atoms with Gasteiger partial charge in [0.15, 0.2) is 0 Å². The lowest BCUT2D eigenvalue weighted by atomic mass is 10.2. The Morgan fingerprint density at radius 2 is 2.21 bits per heavy atom. The number of nitrogens with two attached hydrogens (primary N) is 1. The van der Waals surface area contributed by atoms with Crippen LogP contribution in [0.4, 0.5) is 0 Å². The molecule has 1 amide bonds. The van der Waals surface area contributed by atoms with Gasteiger partial charge in [0, 0.05) is 35.1 Å². The molecule has 0 aliphatic carbocycles. The predicted molar refractivity (Wildman–Crippen MR) is 79.1 cm³/mol. The lowest BCUT2D eigenvalue weighted by molar-refractivity contribution is 0.0786. The molecule has 1 aromatic carbocycles. The maximum Gasteiger partial charge on any atom is 0.270 e. The second-order valence-electron chi connectivity index (χ2n) is 4.71. The second kappa shape index (κ2) is 5.41. The zero-order valence-corrected chi connectivity index (χ0v) is 11.8. The van der Waals surface area contributed by atoms with E-state index in [1.165, 1.54) is 0 Å². The van der Waals surface area contributed by atoms with Gasteiger partial charge in [-0.25, -0.2) is 0 Å². The van der Waals surface area contributed by atoms with Crippen molar-refractivity contribution in [1.82, 2.24) is 9.88 Å². The summed E-state index contributed by atoms with van der Waals surface area (Å²) in [6.07, 6.45) is 0.873. The highest BCUT2D eigenvalue weighted by Gasteiger charge is 2.25. The summed E-state index contributed by atoms with van der Waals surface area (Å²) < 4.78 is 0. The van der Waals surface area contributed by atoms with Crippen LogP contribution in [0.1, 0.15) is 16.9 Å². The zero-order chi connectivity index (χ0) is 12.7. The SMILES string of the molecule is Cl.NC1CCN(C(=O)c2cc3cc(Cl)ccc3[nH]2)C1. The van der Waals surface area contributed by atoms with Crippen molar-refractivity contribution in [3.05, 3.63) is 35.0 Å². The zero-order valence-electron chi connectivity index (χ0n) is 10.2. The molecular formula is C13H15Cl2N3O. The Kier molecular flexibility index (Phi) is 4.04. The molecule has 0 radical (unpaired) electrons. The van der Waals surface area contributed by atoms with Crippen LogP contribution in [0.3, 0.4) is 0 Å². The van der Waals surface area contributed by atoms with Crippen LogP contribution in [0.25, 0.3) is 10.9 Å². The first kappa shape index (κ1) is 14.2. The summed E-state index contributed by atoms with van der Waals surface area (Å²) in [5.41, 5.74) is 7.34. The van der Waals surface area contributed by atoms with E-state index in [4.69, 9.17) is 17.3 Å². The number of aromatic nitrogens is 1. The van der Waals surface area contributed by atoms with Crippen molar-refractivity contribution < 1.29 is 4.79 Å². The minimum absolute atomic E-state index is 0. The molecule has 4 nitrogen and oxygen atoms in total. The van der Waals surface area contributed by atoms with Crippen molar-refractivity contribution in [1.29, 1.82) is 0 Å². The molecule has 1 saturated heterocycles. The summed E-state index contributed by atoms with van der Waals surface area (Å²) in [4.78, 5) is 17.2. The third-order valence-corrected chi connectivity index (χ3v) is 3.56. The van der Waals surface area contributed by atoms with Crippen molar-refractivity contribution in [2.45, 2.75) is 12.5 Å². The van der Waals surface area contributed by atoms with Gasteiger partial charge >= 0.3 is 0 Å². The molecule has 1 atom stereocenters. The smallest absolute Gasteiger partial charge is 0.270 e. The van der Waals surface area contributed by atoms with Crippen LogP contribution < -0.4 is 5.73 Å². The van der Waals surface area contributed by atoms with Crippen molar-refractivity contribution in [3.8, 4) is 0 Å². The molecule has 1 fully saturated rings. The van der Waals surface area contributed by atoms with E-state index < -0.39 is 0 Å². The number of carbonyl (C=O) groups excluding carboxylic acids is 1. The van der Waals surface area contributed by atoms with Gasteiger partial charge < -0.3 is 15.6 Å². The first-order chi connectivity index (χ1) is 8.63. The number of fused-ring (bicyclic) bond motifs is 1. The summed E-state index contributed by atoms with van der Waals surface area (Å²) in [6, 6.07) is 7.48. The summed E-state index contributed by atoms with van der Waals surface area (Å²) in [7, 11) is 0. The quantitative estimate of drug-likeness (QED) is 0.849. The van der Waals surface area contributed by atoms with Crippen LogP contribution in [0.15, 0.2) is 24.3 Å². The van der Waals surface area contributed by atoms with Crippen molar-refractivity contribution in [2.24, 2.45) is 5.73 Å². The molecule has 1 aromatic heterocycles. The molecule has 0 spiro atoms. The van der Waals surface area contributed by atoms with Gasteiger partial charge in [-0.1, -0.05) is 11.6 Å². The van der Waals surface area contributed by atoms with Crippen LogP contribution in [0, 0.1) is 0 Å². The Morgan fingerprint density at radius 3 is 2.89 bits per heavy atom. The maximum absolute atomic E-state index is 12.3. The lowest BCUT2D eigenvalue weighted by Crippen LogP contribution is -2.32. The number of hydrogen-bond acceptors (Lipinski definition) is 2. The van der Waals surface area contributed by atoms with Gasteiger partial charge in [-0.05, 0) is 30.7 Å². The van der Waals surface area contributed by atoms with Gasteiger partial charge in [0.1, 0.15) is 5.69 Å². The van der Waals surface area contributed by atoms with E-state index in [1.54, 1.807) is 11.0 Å². The van der Waals surface area contributed by atoms with E-state index in [1.807, 2.05) is 18.2 Å². The topological polar surface area (TPSA) is 62.1 Å². The monoisotopic (exact) mass is 299 g/mol. The first-order valence-corrected chi connectivity index (χ1v) is 6.34. The fraction of sp³-hybridized carbons (Fsp3) is 0.308. The number of halogens is 2. The van der Waals surface area contributed by atoms with Gasteiger partial charge in [0.2, 0.25) is 0 Å². The Balaban J connectivity index is 0.00000133. The molecule has 0 saturated carbocycles. The van der Waals surface area contributed by atoms with Crippen molar-refractivity contribution in [3.63, 3.8) is 0 Å². The first-order valence-electron chi connectivity index (χ1n) is 5.96. The number of likely N-dealkylation sites (tertiary alicyclic amines) is 1. The molecule has 1 aliphatic heterocycles. The number of hydrogen-bond donors (Lipinski definition) is 2. The molecule has 3 rings (SSSR count). The summed E-state index contributed by atoms with van der Waals surface area (Å²) in [5.74, 6) is 0.00951. The standard InChI is InChI=1S/C13H14ClN3O.ClH/c14-9-1-2-11-8(5-9)6-12(16-11)13(18)17-4-3-10(15)7-17;/h1-2,5-6,10,16H,3-4,7,15H2;1H. The normalized spacial score (nSPS) is 18.6. The number of aromatic amines is 1. The molecule has 1 aliphatic rings. The van der Waals surface area contributed by atoms with Crippen molar-refractivity contribution in [2.75, 3.05) is 13.1 Å². The molecule has 6 heteroatoms. The van der Waals surface area contributed by atoms with E-state index in [-0.39, 0.29) is 24.4 Å². The van der Waals surface area contributed by atoms with E-state index in [0.29, 0.717) is 17.3 Å². The average molecular weight is 300 g/mol. The number of H-pyrrole nitrogens is 1. The molecule has 102 valence electrons. The molecule has 3 N–H and O–H groups in total. The van der Waals surface area contributed by atoms with E-state index in [9.17, 15) is 4.79 Å².